The van der Waals surface area contributed by atoms with Crippen molar-refractivity contribution in [3.63, 3.8) is 0 Å². The van der Waals surface area contributed by atoms with Gasteiger partial charge in [-0.05, 0) is 30.2 Å². The number of carboxylic acid groups (broad SMARTS) is 1. The molecule has 0 spiro atoms. The molecule has 2 heterocycles. The lowest BCUT2D eigenvalue weighted by Crippen LogP contribution is -2.49. The van der Waals surface area contributed by atoms with Gasteiger partial charge in [0.25, 0.3) is 0 Å². The summed E-state index contributed by atoms with van der Waals surface area (Å²) in [5.41, 5.74) is 1.73. The van der Waals surface area contributed by atoms with Crippen molar-refractivity contribution in [3.8, 4) is 0 Å². The minimum atomic E-state index is -0.983. The number of carboxylic acids is 1. The molecule has 0 amide bonds. The van der Waals surface area contributed by atoms with Crippen molar-refractivity contribution in [2.24, 2.45) is 0 Å². The Kier molecular flexibility index (Phi) is 3.05. The lowest BCUT2D eigenvalue weighted by molar-refractivity contribution is -0.139. The van der Waals surface area contributed by atoms with Crippen LogP contribution in [0.25, 0.3) is 23.2 Å². The molecule has 108 valence electrons. The van der Waals surface area contributed by atoms with Crippen molar-refractivity contribution in [3.05, 3.63) is 44.6 Å². The Bertz CT molecular complexity index is 910. The van der Waals surface area contributed by atoms with Crippen LogP contribution in [-0.2, 0) is 11.2 Å². The topological polar surface area (TPSA) is 70.8 Å². The molecule has 3 rings (SSSR count). The maximum absolute atomic E-state index is 12.6. The van der Waals surface area contributed by atoms with Gasteiger partial charge in [0.05, 0.1) is 10.6 Å². The maximum atomic E-state index is 12.6. The molecule has 1 aliphatic rings. The second-order valence-electron chi connectivity index (χ2n) is 5.14. The normalized spacial score (nSPS) is 17.0. The monoisotopic (exact) mass is 285 g/mol. The van der Waals surface area contributed by atoms with Gasteiger partial charge >= 0.3 is 5.97 Å². The Morgan fingerprint density at radius 2 is 2.19 bits per heavy atom. The molecule has 0 saturated heterocycles. The first-order valence-electron chi connectivity index (χ1n) is 6.75. The van der Waals surface area contributed by atoms with E-state index in [-0.39, 0.29) is 5.43 Å². The van der Waals surface area contributed by atoms with Crippen molar-refractivity contribution in [1.29, 1.82) is 0 Å². The molecule has 1 aromatic carbocycles. The number of fused-ring (bicyclic) bond motifs is 2. The van der Waals surface area contributed by atoms with E-state index in [2.05, 4.69) is 0 Å². The fourth-order valence-corrected chi connectivity index (χ4v) is 2.53. The number of nitrogens with zero attached hydrogens (tertiary/aromatic N) is 1. The summed E-state index contributed by atoms with van der Waals surface area (Å²) in [7, 11) is 1.63. The van der Waals surface area contributed by atoms with Gasteiger partial charge in [0, 0.05) is 13.2 Å². The van der Waals surface area contributed by atoms with Gasteiger partial charge in [0.1, 0.15) is 17.0 Å². The van der Waals surface area contributed by atoms with E-state index in [9.17, 15) is 14.7 Å². The van der Waals surface area contributed by atoms with Crippen molar-refractivity contribution in [2.45, 2.75) is 19.4 Å². The van der Waals surface area contributed by atoms with Crippen LogP contribution in [0.3, 0.4) is 0 Å². The molecule has 0 aliphatic carbocycles. The minimum Gasteiger partial charge on any atom is -0.479 e. The molecule has 1 N–H and O–H groups in total. The Labute approximate surface area is 120 Å². The molecule has 0 fully saturated rings. The SMILES string of the molecule is CCc1ccc2oc3c(c(=O)c2c1)=CN(C)C(C(=O)O)C=3. The van der Waals surface area contributed by atoms with E-state index >= 15 is 0 Å². The first kappa shape index (κ1) is 13.4. The molecule has 21 heavy (non-hydrogen) atoms. The Hall–Kier alpha value is -2.56. The molecule has 2 aromatic rings. The van der Waals surface area contributed by atoms with E-state index in [1.54, 1.807) is 13.1 Å². The molecule has 0 radical (unpaired) electrons. The summed E-state index contributed by atoms with van der Waals surface area (Å²) in [6.45, 7) is 2.02. The Morgan fingerprint density at radius 1 is 1.43 bits per heavy atom. The Balaban J connectivity index is 2.38. The third-order valence-corrected chi connectivity index (χ3v) is 3.76. The third kappa shape index (κ3) is 2.11. The van der Waals surface area contributed by atoms with Gasteiger partial charge in [-0.2, -0.15) is 0 Å². The van der Waals surface area contributed by atoms with Crippen LogP contribution in [0.2, 0.25) is 0 Å². The lowest BCUT2D eigenvalue weighted by atomic mass is 10.1. The highest BCUT2D eigenvalue weighted by molar-refractivity contribution is 5.83. The zero-order chi connectivity index (χ0) is 15.1. The van der Waals surface area contributed by atoms with Gasteiger partial charge in [-0.25, -0.2) is 4.79 Å². The van der Waals surface area contributed by atoms with E-state index < -0.39 is 12.0 Å². The van der Waals surface area contributed by atoms with E-state index in [0.29, 0.717) is 21.6 Å². The van der Waals surface area contributed by atoms with E-state index in [1.807, 2.05) is 19.1 Å². The summed E-state index contributed by atoms with van der Waals surface area (Å²) in [5, 5.41) is 10.1. The highest BCUT2D eigenvalue weighted by Crippen LogP contribution is 2.11. The summed E-state index contributed by atoms with van der Waals surface area (Å²) in [6.07, 6.45) is 3.84. The summed E-state index contributed by atoms with van der Waals surface area (Å²) in [4.78, 5) is 25.3. The fourth-order valence-electron chi connectivity index (χ4n) is 2.53. The summed E-state index contributed by atoms with van der Waals surface area (Å²) in [6, 6.07) is 4.68. The predicted octanol–water partition coefficient (Wildman–Crippen LogP) is 0.273. The van der Waals surface area contributed by atoms with E-state index in [4.69, 9.17) is 4.42 Å². The zero-order valence-electron chi connectivity index (χ0n) is 11.8. The first-order chi connectivity index (χ1) is 10.0. The minimum absolute atomic E-state index is 0.131. The van der Waals surface area contributed by atoms with Crippen LogP contribution < -0.4 is 16.1 Å². The first-order valence-corrected chi connectivity index (χ1v) is 6.75. The predicted molar refractivity (Wildman–Crippen MR) is 79.2 cm³/mol. The van der Waals surface area contributed by atoms with Crippen LogP contribution in [0.4, 0.5) is 0 Å². The van der Waals surface area contributed by atoms with Gasteiger partial charge in [-0.3, -0.25) is 4.79 Å². The molecule has 5 nitrogen and oxygen atoms in total. The average Bonchev–Trinajstić information content (AvgIpc) is 2.47. The molecule has 1 aromatic heterocycles. The molecule has 1 unspecified atom stereocenters. The highest BCUT2D eigenvalue weighted by Gasteiger charge is 2.22. The van der Waals surface area contributed by atoms with E-state index in [0.717, 1.165) is 12.0 Å². The van der Waals surface area contributed by atoms with Gasteiger partial charge in [0.2, 0.25) is 5.43 Å². The van der Waals surface area contributed by atoms with Crippen LogP contribution in [0, 0.1) is 0 Å². The molecular weight excluding hydrogens is 270 g/mol. The van der Waals surface area contributed by atoms with Crippen molar-refractivity contribution >= 4 is 29.2 Å². The van der Waals surface area contributed by atoms with Gasteiger partial charge in [0.15, 0.2) is 0 Å². The number of carbonyl (C=O) groups is 1. The molecule has 0 bridgehead atoms. The van der Waals surface area contributed by atoms with Crippen LogP contribution in [0.5, 0.6) is 0 Å². The van der Waals surface area contributed by atoms with Crippen LogP contribution in [-0.4, -0.2) is 29.1 Å². The second kappa shape index (κ2) is 4.77. The van der Waals surface area contributed by atoms with Gasteiger partial charge in [-0.1, -0.05) is 13.0 Å². The average molecular weight is 285 g/mol. The number of benzene rings is 1. The maximum Gasteiger partial charge on any atom is 0.330 e. The van der Waals surface area contributed by atoms with E-state index in [1.165, 1.54) is 17.2 Å². The van der Waals surface area contributed by atoms with Crippen LogP contribution in [0.15, 0.2) is 27.4 Å². The quantitative estimate of drug-likeness (QED) is 0.858. The van der Waals surface area contributed by atoms with Crippen molar-refractivity contribution in [2.75, 3.05) is 7.05 Å². The summed E-state index contributed by atoms with van der Waals surface area (Å²) < 4.78 is 5.72. The fraction of sp³-hybridized carbons (Fsp3) is 0.250. The molecule has 0 saturated carbocycles. The second-order valence-corrected chi connectivity index (χ2v) is 5.14. The van der Waals surface area contributed by atoms with Gasteiger partial charge in [-0.15, -0.1) is 0 Å². The smallest absolute Gasteiger partial charge is 0.330 e. The van der Waals surface area contributed by atoms with Gasteiger partial charge < -0.3 is 14.4 Å². The largest absolute Gasteiger partial charge is 0.479 e. The summed E-state index contributed by atoms with van der Waals surface area (Å²) in [5.74, 6) is -0.983. The number of hydrogen-bond donors (Lipinski definition) is 1. The standard InChI is InChI=1S/C16H15NO4/c1-3-9-4-5-13-10(6-9)15(18)11-8-17(2)12(16(19)20)7-14(11)21-13/h4-8,12H,3H2,1-2H3,(H,19,20). The third-order valence-electron chi connectivity index (χ3n) is 3.76. The van der Waals surface area contributed by atoms with Crippen molar-refractivity contribution in [1.82, 2.24) is 4.90 Å². The summed E-state index contributed by atoms with van der Waals surface area (Å²) >= 11 is 0. The number of rotatable bonds is 2. The molecule has 1 aliphatic heterocycles. The number of aliphatic carboxylic acids is 1. The number of aryl methyl sites for hydroxylation is 1. The number of likely N-dealkylation sites (N-methyl/N-ethyl adjacent to an activating group) is 1. The lowest BCUT2D eigenvalue weighted by Gasteiger charge is -2.22. The zero-order valence-corrected chi connectivity index (χ0v) is 11.8. The Morgan fingerprint density at radius 3 is 2.86 bits per heavy atom. The number of hydrogen-bond acceptors (Lipinski definition) is 4. The molecule has 5 heteroatoms. The molecule has 1 atom stereocenters. The van der Waals surface area contributed by atoms with Crippen molar-refractivity contribution < 1.29 is 14.3 Å². The highest BCUT2D eigenvalue weighted by atomic mass is 16.4. The van der Waals surface area contributed by atoms with Crippen LogP contribution in [0.1, 0.15) is 12.5 Å². The molecular formula is C16H15NO4. The van der Waals surface area contributed by atoms with Crippen LogP contribution >= 0.6 is 0 Å².